The molecular weight excluding hydrogens is 272 g/mol. The molecule has 2 saturated heterocycles. The Hall–Kier alpha value is -1.06. The van der Waals surface area contributed by atoms with Gasteiger partial charge < -0.3 is 10.4 Å². The van der Waals surface area contributed by atoms with Crippen LogP contribution in [0.2, 0.25) is 0 Å². The van der Waals surface area contributed by atoms with Crippen molar-refractivity contribution in [3.63, 3.8) is 0 Å². The molecule has 5 atom stereocenters. The maximum Gasteiger partial charge on any atom is 0.0785 e. The number of nitrogens with zero attached hydrogens (tertiary/aromatic N) is 1. The molecule has 0 radical (unpaired) electrons. The van der Waals surface area contributed by atoms with E-state index in [1.165, 1.54) is 50.0 Å². The quantitative estimate of drug-likeness (QED) is 0.772. The predicted molar refractivity (Wildman–Crippen MR) is 86.0 cm³/mol. The molecule has 1 aromatic carbocycles. The lowest BCUT2D eigenvalue weighted by atomic mass is 9.41. The third-order valence-electron chi connectivity index (χ3n) is 8.07. The fourth-order valence-corrected chi connectivity index (χ4v) is 7.56. The Kier molecular flexibility index (Phi) is 1.99. The van der Waals surface area contributed by atoms with Gasteiger partial charge in [-0.25, -0.2) is 0 Å². The molecule has 1 aromatic rings. The number of aliphatic hydroxyl groups is 1. The fraction of sp³-hybridized carbons (Fsp3) is 0.684. The molecule has 116 valence electrons. The lowest BCUT2D eigenvalue weighted by molar-refractivity contribution is -0.155. The molecule has 2 N–H and O–H groups in total. The molecule has 0 amide bonds. The zero-order chi connectivity index (χ0) is 14.6. The molecule has 3 nitrogen and oxygen atoms in total. The van der Waals surface area contributed by atoms with Crippen molar-refractivity contribution >= 4 is 5.69 Å². The third kappa shape index (κ3) is 1.03. The van der Waals surface area contributed by atoms with Gasteiger partial charge >= 0.3 is 0 Å². The average molecular weight is 296 g/mol. The highest BCUT2D eigenvalue weighted by Gasteiger charge is 2.77. The summed E-state index contributed by atoms with van der Waals surface area (Å²) in [4.78, 5) is 2.78. The summed E-state index contributed by atoms with van der Waals surface area (Å²) < 4.78 is 0. The largest absolute Gasteiger partial charge is 0.391 e. The highest BCUT2D eigenvalue weighted by atomic mass is 16.3. The van der Waals surface area contributed by atoms with E-state index in [-0.39, 0.29) is 17.1 Å². The summed E-state index contributed by atoms with van der Waals surface area (Å²) in [6, 6.07) is 9.56. The van der Waals surface area contributed by atoms with Gasteiger partial charge in [0.15, 0.2) is 0 Å². The van der Waals surface area contributed by atoms with Crippen LogP contribution in [0.15, 0.2) is 24.3 Å². The molecule has 3 aliphatic carbocycles. The summed E-state index contributed by atoms with van der Waals surface area (Å²) in [7, 11) is 0. The summed E-state index contributed by atoms with van der Waals surface area (Å²) in [5.41, 5.74) is 3.23. The zero-order valence-electron chi connectivity index (χ0n) is 13.0. The van der Waals surface area contributed by atoms with Crippen LogP contribution in [-0.2, 0) is 5.41 Å². The van der Waals surface area contributed by atoms with Gasteiger partial charge in [0, 0.05) is 17.1 Å². The smallest absolute Gasteiger partial charge is 0.0785 e. The van der Waals surface area contributed by atoms with Gasteiger partial charge in [0.1, 0.15) is 0 Å². The van der Waals surface area contributed by atoms with Crippen molar-refractivity contribution < 1.29 is 5.11 Å². The number of nitrogens with one attached hydrogen (secondary N) is 1. The number of hydrogen-bond acceptors (Lipinski definition) is 3. The Bertz CT molecular complexity index is 675. The molecule has 5 fully saturated rings. The van der Waals surface area contributed by atoms with Gasteiger partial charge in [-0.2, -0.15) is 0 Å². The van der Waals surface area contributed by atoms with E-state index in [1.807, 2.05) is 0 Å². The maximum atomic E-state index is 11.2. The van der Waals surface area contributed by atoms with Gasteiger partial charge in [0.25, 0.3) is 0 Å². The van der Waals surface area contributed by atoms with Crippen LogP contribution in [0.1, 0.15) is 44.1 Å². The SMILES string of the molecule is OC1CC23CCCN4CCC5(c6ccccc6NC15CC2)C43. The van der Waals surface area contributed by atoms with Crippen LogP contribution in [-0.4, -0.2) is 40.8 Å². The van der Waals surface area contributed by atoms with E-state index in [4.69, 9.17) is 0 Å². The monoisotopic (exact) mass is 296 g/mol. The number of para-hydroxylation sites is 1. The molecule has 0 aromatic heterocycles. The molecule has 5 unspecified atom stereocenters. The van der Waals surface area contributed by atoms with Gasteiger partial charge in [0.05, 0.1) is 11.6 Å². The lowest BCUT2D eigenvalue weighted by Crippen LogP contribution is -2.77. The first-order valence-electron chi connectivity index (χ1n) is 9.02. The van der Waals surface area contributed by atoms with Crippen molar-refractivity contribution in [2.45, 2.75) is 61.6 Å². The van der Waals surface area contributed by atoms with E-state index in [9.17, 15) is 5.11 Å². The highest BCUT2D eigenvalue weighted by Crippen LogP contribution is 2.72. The van der Waals surface area contributed by atoms with Crippen LogP contribution < -0.4 is 5.32 Å². The molecule has 6 aliphatic rings. The van der Waals surface area contributed by atoms with Crippen LogP contribution in [0.5, 0.6) is 0 Å². The molecule has 7 rings (SSSR count). The first-order chi connectivity index (χ1) is 10.7. The average Bonchev–Trinajstić information content (AvgIpc) is 3.07. The fourth-order valence-electron chi connectivity index (χ4n) is 7.56. The molecule has 3 heteroatoms. The van der Waals surface area contributed by atoms with Crippen molar-refractivity contribution in [1.82, 2.24) is 4.90 Å². The van der Waals surface area contributed by atoms with Gasteiger partial charge in [-0.3, -0.25) is 4.90 Å². The summed E-state index contributed by atoms with van der Waals surface area (Å²) in [5, 5.41) is 15.1. The summed E-state index contributed by atoms with van der Waals surface area (Å²) in [6.07, 6.45) is 7.13. The Balaban J connectivity index is 1.68. The van der Waals surface area contributed by atoms with Crippen LogP contribution in [0, 0.1) is 5.41 Å². The second-order valence-corrected chi connectivity index (χ2v) is 8.49. The van der Waals surface area contributed by atoms with Crippen LogP contribution in [0.25, 0.3) is 0 Å². The van der Waals surface area contributed by atoms with Crippen molar-refractivity contribution in [1.29, 1.82) is 0 Å². The topological polar surface area (TPSA) is 35.5 Å². The minimum Gasteiger partial charge on any atom is -0.391 e. The normalized spacial score (nSPS) is 51.1. The molecule has 3 aliphatic heterocycles. The van der Waals surface area contributed by atoms with Crippen molar-refractivity contribution in [3.8, 4) is 0 Å². The Morgan fingerprint density at radius 3 is 2.91 bits per heavy atom. The van der Waals surface area contributed by atoms with Gasteiger partial charge in [-0.05, 0) is 68.7 Å². The van der Waals surface area contributed by atoms with E-state index in [2.05, 4.69) is 34.5 Å². The number of piperidine rings is 1. The number of aliphatic hydroxyl groups excluding tert-OH is 1. The summed E-state index contributed by atoms with van der Waals surface area (Å²) >= 11 is 0. The van der Waals surface area contributed by atoms with Crippen LogP contribution in [0.3, 0.4) is 0 Å². The standard InChI is InChI=1S/C19H24N2O/c22-15-12-17-6-3-10-21-11-9-18(16(17)21)13-4-1-2-5-14(13)20-19(15,18)8-7-17/h1-2,4-5,15-16,20,22H,3,6-12H2. The zero-order valence-corrected chi connectivity index (χ0v) is 13.0. The summed E-state index contributed by atoms with van der Waals surface area (Å²) in [5.74, 6) is 0. The minimum atomic E-state index is -0.192. The number of hydrogen-bond donors (Lipinski definition) is 2. The molecule has 3 saturated carbocycles. The molecule has 2 bridgehead atoms. The van der Waals surface area contributed by atoms with Gasteiger partial charge in [-0.15, -0.1) is 0 Å². The summed E-state index contributed by atoms with van der Waals surface area (Å²) in [6.45, 7) is 2.49. The van der Waals surface area contributed by atoms with E-state index in [0.717, 1.165) is 12.8 Å². The van der Waals surface area contributed by atoms with Gasteiger partial charge in [0.2, 0.25) is 0 Å². The second kappa shape index (κ2) is 3.54. The lowest BCUT2D eigenvalue weighted by Gasteiger charge is -2.68. The number of rotatable bonds is 0. The number of anilines is 1. The van der Waals surface area contributed by atoms with Crippen LogP contribution >= 0.6 is 0 Å². The van der Waals surface area contributed by atoms with E-state index in [1.54, 1.807) is 0 Å². The van der Waals surface area contributed by atoms with E-state index >= 15 is 0 Å². The molecular formula is C19H24N2O. The number of benzene rings is 1. The first-order valence-corrected chi connectivity index (χ1v) is 9.02. The molecule has 22 heavy (non-hydrogen) atoms. The maximum absolute atomic E-state index is 11.2. The molecule has 3 spiro atoms. The number of fused-ring (bicyclic) bond motifs is 3. The van der Waals surface area contributed by atoms with E-state index < -0.39 is 0 Å². The van der Waals surface area contributed by atoms with Crippen molar-refractivity contribution in [3.05, 3.63) is 29.8 Å². The Labute approximate surface area is 131 Å². The van der Waals surface area contributed by atoms with Crippen molar-refractivity contribution in [2.24, 2.45) is 5.41 Å². The highest BCUT2D eigenvalue weighted by molar-refractivity contribution is 5.68. The first kappa shape index (κ1) is 12.4. The van der Waals surface area contributed by atoms with Crippen LogP contribution in [0.4, 0.5) is 5.69 Å². The third-order valence-corrected chi connectivity index (χ3v) is 8.07. The second-order valence-electron chi connectivity index (χ2n) is 8.49. The Morgan fingerprint density at radius 1 is 1.09 bits per heavy atom. The molecule has 3 heterocycles. The Morgan fingerprint density at radius 2 is 2.00 bits per heavy atom. The van der Waals surface area contributed by atoms with Crippen molar-refractivity contribution in [2.75, 3.05) is 18.4 Å². The van der Waals surface area contributed by atoms with E-state index in [0.29, 0.717) is 11.5 Å². The van der Waals surface area contributed by atoms with Gasteiger partial charge in [-0.1, -0.05) is 18.2 Å². The minimum absolute atomic E-state index is 0.102. The predicted octanol–water partition coefficient (Wildman–Crippen LogP) is 2.50.